The zero-order valence-electron chi connectivity index (χ0n) is 16.3. The lowest BCUT2D eigenvalue weighted by molar-refractivity contribution is -0.109. The van der Waals surface area contributed by atoms with E-state index in [0.29, 0.717) is 0 Å². The van der Waals surface area contributed by atoms with Gasteiger partial charge in [-0.15, -0.1) is 0 Å². The number of pyridine rings is 2. The van der Waals surface area contributed by atoms with Gasteiger partial charge < -0.3 is 4.79 Å². The molecule has 2 aromatic carbocycles. The molecule has 3 heteroatoms. The van der Waals surface area contributed by atoms with Gasteiger partial charge in [-0.25, -0.2) is 0 Å². The average Bonchev–Trinajstić information content (AvgIpc) is 2.81. The van der Waals surface area contributed by atoms with Crippen molar-refractivity contribution in [2.24, 2.45) is 0 Å². The van der Waals surface area contributed by atoms with E-state index in [1.54, 1.807) is 24.8 Å². The fraction of sp³-hybridized carbons (Fsp3) is 0.115. The largest absolute Gasteiger partial charge is 0.303 e. The molecule has 4 rings (SSSR count). The third kappa shape index (κ3) is 4.14. The summed E-state index contributed by atoms with van der Waals surface area (Å²) < 4.78 is 0. The minimum atomic E-state index is -0.187. The van der Waals surface area contributed by atoms with Crippen LogP contribution in [0, 0.1) is 0 Å². The van der Waals surface area contributed by atoms with Crippen molar-refractivity contribution in [3.8, 4) is 22.3 Å². The molecule has 29 heavy (non-hydrogen) atoms. The Hall–Kier alpha value is -3.59. The van der Waals surface area contributed by atoms with E-state index in [2.05, 4.69) is 65.4 Å². The summed E-state index contributed by atoms with van der Waals surface area (Å²) >= 11 is 0. The minimum Gasteiger partial charge on any atom is -0.303 e. The van der Waals surface area contributed by atoms with Gasteiger partial charge in [-0.3, -0.25) is 9.97 Å². The Morgan fingerprint density at radius 2 is 0.966 bits per heavy atom. The fourth-order valence-electron chi connectivity index (χ4n) is 3.66. The normalized spacial score (nSPS) is 12.9. The van der Waals surface area contributed by atoms with Gasteiger partial charge in [0.2, 0.25) is 0 Å². The van der Waals surface area contributed by atoms with Gasteiger partial charge in [0, 0.05) is 30.7 Å². The van der Waals surface area contributed by atoms with Gasteiger partial charge in [-0.1, -0.05) is 55.5 Å². The van der Waals surface area contributed by atoms with Crippen molar-refractivity contribution >= 4 is 6.29 Å². The number of hydrogen-bond acceptors (Lipinski definition) is 3. The molecule has 4 aromatic rings. The van der Waals surface area contributed by atoms with Crippen LogP contribution in [0.5, 0.6) is 0 Å². The predicted molar refractivity (Wildman–Crippen MR) is 117 cm³/mol. The molecule has 0 aliphatic heterocycles. The molecule has 2 heterocycles. The predicted octanol–water partition coefficient (Wildman–Crippen LogP) is 5.90. The average molecular weight is 378 g/mol. The first-order chi connectivity index (χ1) is 14.3. The van der Waals surface area contributed by atoms with Crippen LogP contribution in [0.25, 0.3) is 22.3 Å². The molecule has 0 saturated heterocycles. The van der Waals surface area contributed by atoms with Crippen LogP contribution >= 0.6 is 0 Å². The third-order valence-corrected chi connectivity index (χ3v) is 5.44. The van der Waals surface area contributed by atoms with Crippen LogP contribution < -0.4 is 0 Å². The first kappa shape index (κ1) is 18.8. The van der Waals surface area contributed by atoms with Crippen LogP contribution in [0.2, 0.25) is 0 Å². The molecule has 2 aromatic heterocycles. The van der Waals surface area contributed by atoms with E-state index in [0.717, 1.165) is 39.7 Å². The van der Waals surface area contributed by atoms with Gasteiger partial charge in [0.15, 0.2) is 0 Å². The Morgan fingerprint density at radius 1 is 0.586 bits per heavy atom. The van der Waals surface area contributed by atoms with Crippen LogP contribution in [0.4, 0.5) is 0 Å². The molecule has 0 fully saturated rings. The molecule has 0 amide bonds. The lowest BCUT2D eigenvalue weighted by Crippen LogP contribution is -2.10. The summed E-state index contributed by atoms with van der Waals surface area (Å²) in [6.45, 7) is 2.11. The monoisotopic (exact) mass is 378 g/mol. The van der Waals surface area contributed by atoms with E-state index < -0.39 is 0 Å². The van der Waals surface area contributed by atoms with Crippen LogP contribution in [-0.2, 0) is 4.79 Å². The van der Waals surface area contributed by atoms with E-state index in [1.165, 1.54) is 0 Å². The maximum atomic E-state index is 11.9. The number of hydrogen-bond donors (Lipinski definition) is 0. The number of nitrogens with zero attached hydrogens (tertiary/aromatic N) is 2. The molecule has 0 spiro atoms. The summed E-state index contributed by atoms with van der Waals surface area (Å²) in [5.41, 5.74) is 6.70. The van der Waals surface area contributed by atoms with E-state index in [4.69, 9.17) is 0 Å². The number of aldehydes is 1. The Kier molecular flexibility index (Phi) is 5.57. The Balaban J connectivity index is 1.55. The highest BCUT2D eigenvalue weighted by Gasteiger charge is 2.20. The molecule has 0 saturated carbocycles. The lowest BCUT2D eigenvalue weighted by atomic mass is 9.83. The van der Waals surface area contributed by atoms with Gasteiger partial charge in [-0.2, -0.15) is 0 Å². The van der Waals surface area contributed by atoms with Crippen molar-refractivity contribution in [2.45, 2.75) is 18.8 Å². The quantitative estimate of drug-likeness (QED) is 0.393. The smallest absolute Gasteiger partial charge is 0.128 e. The number of carbonyl (C=O) groups excluding carboxylic acids is 1. The van der Waals surface area contributed by atoms with E-state index in [1.807, 2.05) is 24.3 Å². The van der Waals surface area contributed by atoms with E-state index in [9.17, 15) is 4.79 Å². The summed E-state index contributed by atoms with van der Waals surface area (Å²) in [6, 6.07) is 24.6. The molecule has 2 atom stereocenters. The zero-order chi connectivity index (χ0) is 20.1. The second-order valence-electron chi connectivity index (χ2n) is 7.17. The lowest BCUT2D eigenvalue weighted by Gasteiger charge is -2.20. The number of rotatable bonds is 6. The fourth-order valence-corrected chi connectivity index (χ4v) is 3.66. The van der Waals surface area contributed by atoms with E-state index >= 15 is 0 Å². The number of benzene rings is 2. The summed E-state index contributed by atoms with van der Waals surface area (Å²) in [5, 5.41) is 0. The number of carbonyl (C=O) groups is 1. The molecule has 2 unspecified atom stereocenters. The molecular formula is C26H22N2O. The van der Waals surface area contributed by atoms with Crippen LogP contribution in [0.3, 0.4) is 0 Å². The molecule has 0 aliphatic rings. The van der Waals surface area contributed by atoms with Crippen LogP contribution in [0.1, 0.15) is 29.9 Å². The second kappa shape index (κ2) is 8.61. The highest BCUT2D eigenvalue weighted by atomic mass is 16.1. The van der Waals surface area contributed by atoms with Gasteiger partial charge >= 0.3 is 0 Å². The maximum Gasteiger partial charge on any atom is 0.128 e. The summed E-state index contributed by atoms with van der Waals surface area (Å²) in [4.78, 5) is 20.1. The third-order valence-electron chi connectivity index (χ3n) is 5.44. The van der Waals surface area contributed by atoms with Crippen molar-refractivity contribution in [1.29, 1.82) is 0 Å². The molecule has 0 aliphatic carbocycles. The topological polar surface area (TPSA) is 42.9 Å². The minimum absolute atomic E-state index is 0.0887. The van der Waals surface area contributed by atoms with Gasteiger partial charge in [0.1, 0.15) is 6.29 Å². The highest BCUT2D eigenvalue weighted by molar-refractivity contribution is 5.68. The molecule has 3 nitrogen and oxygen atoms in total. The first-order valence-electron chi connectivity index (χ1n) is 9.72. The van der Waals surface area contributed by atoms with Crippen molar-refractivity contribution in [3.05, 3.63) is 109 Å². The number of aromatic nitrogens is 2. The summed E-state index contributed by atoms with van der Waals surface area (Å²) in [6.07, 6.45) is 8.22. The van der Waals surface area contributed by atoms with Gasteiger partial charge in [0.25, 0.3) is 0 Å². The standard InChI is InChI=1S/C26H22N2O/c1-19(20-2-4-21(5-3-20)23-10-14-27-15-11-23)26(18-29)25-8-6-22(7-9-25)24-12-16-28-17-13-24/h2-19,26H,1H3. The van der Waals surface area contributed by atoms with Crippen molar-refractivity contribution < 1.29 is 4.79 Å². The molecule has 0 radical (unpaired) electrons. The molecular weight excluding hydrogens is 356 g/mol. The van der Waals surface area contributed by atoms with Crippen molar-refractivity contribution in [3.63, 3.8) is 0 Å². The Morgan fingerprint density at radius 3 is 1.38 bits per heavy atom. The van der Waals surface area contributed by atoms with Crippen LogP contribution in [0.15, 0.2) is 97.6 Å². The highest BCUT2D eigenvalue weighted by Crippen LogP contribution is 2.33. The first-order valence-corrected chi connectivity index (χ1v) is 9.72. The SMILES string of the molecule is CC(c1ccc(-c2ccncc2)cc1)C(C=O)c1ccc(-c2ccncc2)cc1. The van der Waals surface area contributed by atoms with Gasteiger partial charge in [0.05, 0.1) is 0 Å². The molecule has 0 N–H and O–H groups in total. The van der Waals surface area contributed by atoms with Crippen molar-refractivity contribution in [2.75, 3.05) is 0 Å². The summed E-state index contributed by atoms with van der Waals surface area (Å²) in [7, 11) is 0. The van der Waals surface area contributed by atoms with Gasteiger partial charge in [-0.05, 0) is 63.6 Å². The molecule has 142 valence electrons. The van der Waals surface area contributed by atoms with Crippen molar-refractivity contribution in [1.82, 2.24) is 9.97 Å². The Bertz CT molecular complexity index is 1060. The van der Waals surface area contributed by atoms with E-state index in [-0.39, 0.29) is 11.8 Å². The maximum absolute atomic E-state index is 11.9. The zero-order valence-corrected chi connectivity index (χ0v) is 16.3. The van der Waals surface area contributed by atoms with Crippen LogP contribution in [-0.4, -0.2) is 16.3 Å². The second-order valence-corrected chi connectivity index (χ2v) is 7.17. The molecule has 0 bridgehead atoms. The Labute approximate surface area is 171 Å². The summed E-state index contributed by atoms with van der Waals surface area (Å²) in [5.74, 6) is -0.0981.